The highest BCUT2D eigenvalue weighted by atomic mass is 16.1. The maximum Gasteiger partial charge on any atom is 0.258 e. The average molecular weight is 202 g/mol. The molecule has 2 aromatic rings. The Bertz CT molecular complexity index is 528. The van der Waals surface area contributed by atoms with Crippen LogP contribution in [-0.4, -0.2) is 9.97 Å². The molecule has 0 unspecified atom stereocenters. The van der Waals surface area contributed by atoms with Gasteiger partial charge in [0.2, 0.25) is 0 Å². The molecular weight excluding hydrogens is 188 g/mol. The van der Waals surface area contributed by atoms with Gasteiger partial charge in [-0.1, -0.05) is 19.9 Å². The summed E-state index contributed by atoms with van der Waals surface area (Å²) in [5.74, 6) is 0.615. The quantitative estimate of drug-likeness (QED) is 0.810. The monoisotopic (exact) mass is 202 g/mol. The average Bonchev–Trinajstić information content (AvgIpc) is 2.17. The van der Waals surface area contributed by atoms with E-state index in [0.717, 1.165) is 11.9 Å². The molecule has 0 saturated heterocycles. The Morgan fingerprint density at radius 3 is 2.93 bits per heavy atom. The van der Waals surface area contributed by atoms with Crippen molar-refractivity contribution in [2.75, 3.05) is 0 Å². The van der Waals surface area contributed by atoms with Crippen molar-refractivity contribution in [3.05, 3.63) is 40.4 Å². The highest BCUT2D eigenvalue weighted by Crippen LogP contribution is 2.13. The van der Waals surface area contributed by atoms with Crippen molar-refractivity contribution in [2.45, 2.75) is 20.3 Å². The van der Waals surface area contributed by atoms with E-state index in [-0.39, 0.29) is 5.56 Å². The van der Waals surface area contributed by atoms with E-state index in [9.17, 15) is 4.79 Å². The van der Waals surface area contributed by atoms with E-state index in [1.54, 1.807) is 0 Å². The maximum atomic E-state index is 11.4. The number of hydrogen-bond donors (Lipinski definition) is 1. The molecule has 0 atom stereocenters. The van der Waals surface area contributed by atoms with Gasteiger partial charge in [0.25, 0.3) is 5.56 Å². The first-order valence-corrected chi connectivity index (χ1v) is 5.13. The Morgan fingerprint density at radius 2 is 2.20 bits per heavy atom. The second kappa shape index (κ2) is 3.85. The predicted molar refractivity (Wildman–Crippen MR) is 60.9 cm³/mol. The Labute approximate surface area is 88.2 Å². The summed E-state index contributed by atoms with van der Waals surface area (Å²) in [5.41, 5.74) is 1.93. The van der Waals surface area contributed by atoms with Gasteiger partial charge in [-0.15, -0.1) is 0 Å². The molecule has 0 amide bonds. The van der Waals surface area contributed by atoms with Crippen LogP contribution in [0.5, 0.6) is 0 Å². The Hall–Kier alpha value is -1.64. The van der Waals surface area contributed by atoms with Crippen molar-refractivity contribution in [3.8, 4) is 0 Å². The molecule has 0 bridgehead atoms. The summed E-state index contributed by atoms with van der Waals surface area (Å²) in [6, 6.07) is 5.84. The molecule has 0 saturated carbocycles. The number of rotatable bonds is 2. The van der Waals surface area contributed by atoms with Gasteiger partial charge in [-0.3, -0.25) is 4.79 Å². The minimum atomic E-state index is -0.0731. The smallest absolute Gasteiger partial charge is 0.258 e. The summed E-state index contributed by atoms with van der Waals surface area (Å²) in [4.78, 5) is 18.1. The van der Waals surface area contributed by atoms with Gasteiger partial charge >= 0.3 is 0 Å². The first-order valence-electron chi connectivity index (χ1n) is 5.13. The zero-order valence-electron chi connectivity index (χ0n) is 8.95. The Morgan fingerprint density at radius 1 is 1.40 bits per heavy atom. The van der Waals surface area contributed by atoms with Crippen molar-refractivity contribution in [1.82, 2.24) is 9.97 Å². The lowest BCUT2D eigenvalue weighted by Gasteiger charge is -2.05. The van der Waals surface area contributed by atoms with Gasteiger partial charge < -0.3 is 4.98 Å². The van der Waals surface area contributed by atoms with Crippen LogP contribution in [0.1, 0.15) is 19.4 Å². The largest absolute Gasteiger partial charge is 0.313 e. The number of nitrogens with one attached hydrogen (secondary N) is 1. The molecule has 0 spiro atoms. The van der Waals surface area contributed by atoms with Crippen LogP contribution in [0.3, 0.4) is 0 Å². The third-order valence-corrected chi connectivity index (χ3v) is 2.35. The van der Waals surface area contributed by atoms with Gasteiger partial charge in [0.15, 0.2) is 0 Å². The molecule has 0 radical (unpaired) electrons. The number of fused-ring (bicyclic) bond motifs is 1. The van der Waals surface area contributed by atoms with E-state index in [1.807, 2.05) is 18.2 Å². The first-order chi connectivity index (χ1) is 7.16. The molecular formula is C12H14N2O. The lowest BCUT2D eigenvalue weighted by molar-refractivity contribution is 0.647. The second-order valence-electron chi connectivity index (χ2n) is 4.18. The summed E-state index contributed by atoms with van der Waals surface area (Å²) in [6.45, 7) is 4.35. The van der Waals surface area contributed by atoms with Crippen LogP contribution >= 0.6 is 0 Å². The number of aromatic amines is 1. The van der Waals surface area contributed by atoms with E-state index in [4.69, 9.17) is 0 Å². The second-order valence-corrected chi connectivity index (χ2v) is 4.18. The molecule has 3 heteroatoms. The van der Waals surface area contributed by atoms with Crippen LogP contribution in [0, 0.1) is 5.92 Å². The highest BCUT2D eigenvalue weighted by molar-refractivity contribution is 5.77. The third-order valence-electron chi connectivity index (χ3n) is 2.35. The van der Waals surface area contributed by atoms with Crippen molar-refractivity contribution < 1.29 is 0 Å². The lowest BCUT2D eigenvalue weighted by atomic mass is 10.0. The van der Waals surface area contributed by atoms with Crippen molar-refractivity contribution in [2.24, 2.45) is 5.92 Å². The predicted octanol–water partition coefficient (Wildman–Crippen LogP) is 2.12. The van der Waals surface area contributed by atoms with E-state index in [0.29, 0.717) is 11.3 Å². The topological polar surface area (TPSA) is 45.8 Å². The molecule has 0 aliphatic rings. The fourth-order valence-electron chi connectivity index (χ4n) is 1.71. The molecule has 0 aliphatic carbocycles. The van der Waals surface area contributed by atoms with Crippen LogP contribution in [0.4, 0.5) is 0 Å². The van der Waals surface area contributed by atoms with Crippen LogP contribution in [0.25, 0.3) is 10.9 Å². The van der Waals surface area contributed by atoms with Gasteiger partial charge in [-0.05, 0) is 30.0 Å². The third kappa shape index (κ3) is 2.06. The summed E-state index contributed by atoms with van der Waals surface area (Å²) in [7, 11) is 0. The number of hydrogen-bond acceptors (Lipinski definition) is 2. The van der Waals surface area contributed by atoms with Crippen LogP contribution in [0.2, 0.25) is 0 Å². The minimum Gasteiger partial charge on any atom is -0.313 e. The summed E-state index contributed by atoms with van der Waals surface area (Å²) in [6.07, 6.45) is 2.47. The van der Waals surface area contributed by atoms with E-state index in [2.05, 4.69) is 23.8 Å². The number of H-pyrrole nitrogens is 1. The SMILES string of the molecule is CC(C)Cc1ccc2c(=O)[nH]cnc2c1. The van der Waals surface area contributed by atoms with Crippen molar-refractivity contribution in [1.29, 1.82) is 0 Å². The number of nitrogens with zero attached hydrogens (tertiary/aromatic N) is 1. The van der Waals surface area contributed by atoms with E-state index >= 15 is 0 Å². The molecule has 3 nitrogen and oxygen atoms in total. The summed E-state index contributed by atoms with van der Waals surface area (Å²) < 4.78 is 0. The van der Waals surface area contributed by atoms with Gasteiger partial charge in [0.1, 0.15) is 0 Å². The van der Waals surface area contributed by atoms with Crippen LogP contribution in [-0.2, 0) is 6.42 Å². The van der Waals surface area contributed by atoms with E-state index < -0.39 is 0 Å². The van der Waals surface area contributed by atoms with Gasteiger partial charge in [0, 0.05) is 0 Å². The fourth-order valence-corrected chi connectivity index (χ4v) is 1.71. The van der Waals surface area contributed by atoms with Crippen molar-refractivity contribution >= 4 is 10.9 Å². The molecule has 0 aliphatic heterocycles. The molecule has 1 N–H and O–H groups in total. The normalized spacial score (nSPS) is 11.1. The Balaban J connectivity index is 2.52. The standard InChI is InChI=1S/C12H14N2O/c1-8(2)5-9-3-4-10-11(6-9)13-7-14-12(10)15/h3-4,6-8H,5H2,1-2H3,(H,13,14,15). The van der Waals surface area contributed by atoms with Gasteiger partial charge in [-0.25, -0.2) is 4.98 Å². The molecule has 1 aromatic carbocycles. The fraction of sp³-hybridized carbons (Fsp3) is 0.333. The maximum absolute atomic E-state index is 11.4. The van der Waals surface area contributed by atoms with Gasteiger partial charge in [-0.2, -0.15) is 0 Å². The van der Waals surface area contributed by atoms with Crippen molar-refractivity contribution in [3.63, 3.8) is 0 Å². The van der Waals surface area contributed by atoms with Gasteiger partial charge in [0.05, 0.1) is 17.2 Å². The van der Waals surface area contributed by atoms with E-state index in [1.165, 1.54) is 11.9 Å². The van der Waals surface area contributed by atoms with Crippen LogP contribution < -0.4 is 5.56 Å². The highest BCUT2D eigenvalue weighted by Gasteiger charge is 2.02. The minimum absolute atomic E-state index is 0.0731. The number of aromatic nitrogens is 2. The molecule has 1 heterocycles. The zero-order valence-corrected chi connectivity index (χ0v) is 8.95. The lowest BCUT2D eigenvalue weighted by Crippen LogP contribution is -2.06. The molecule has 0 fully saturated rings. The zero-order chi connectivity index (χ0) is 10.8. The summed E-state index contributed by atoms with van der Waals surface area (Å²) >= 11 is 0. The molecule has 2 rings (SSSR count). The Kier molecular flexibility index (Phi) is 2.54. The molecule has 15 heavy (non-hydrogen) atoms. The first kappa shape index (κ1) is 9.90. The number of benzene rings is 1. The molecule has 78 valence electrons. The molecule has 1 aromatic heterocycles. The van der Waals surface area contributed by atoms with Crippen LogP contribution in [0.15, 0.2) is 29.3 Å². The summed E-state index contributed by atoms with van der Waals surface area (Å²) in [5, 5.41) is 0.657.